The van der Waals surface area contributed by atoms with Gasteiger partial charge in [-0.2, -0.15) is 27.7 Å². The number of halogens is 2. The van der Waals surface area contributed by atoms with Gasteiger partial charge in [-0.15, -0.1) is 0 Å². The van der Waals surface area contributed by atoms with Gasteiger partial charge in [0.15, 0.2) is 10.3 Å². The molecule has 2 aromatic rings. The zero-order valence-electron chi connectivity index (χ0n) is 18.9. The summed E-state index contributed by atoms with van der Waals surface area (Å²) in [5, 5.41) is 0.380. The molecule has 0 spiro atoms. The molecule has 9 heteroatoms. The molecule has 2 aromatic heterocycles. The third-order valence-electron chi connectivity index (χ3n) is 2.83. The summed E-state index contributed by atoms with van der Waals surface area (Å²) >= 11 is 10.9. The molecule has 2 heterocycles. The quantitative estimate of drug-likeness (QED) is 0.296. The Morgan fingerprint density at radius 1 is 0.690 bits per heavy atom. The van der Waals surface area contributed by atoms with Gasteiger partial charge in [-0.05, 0) is 11.8 Å². The first kappa shape index (κ1) is 32.6. The molecule has 2 rings (SSSR count). The first-order valence-electron chi connectivity index (χ1n) is 9.08. The second kappa shape index (κ2) is 19.0. The largest absolute Gasteiger partial charge is 2.00 e. The number of hydrogen-bond donors (Lipinski definition) is 2. The van der Waals surface area contributed by atoms with Crippen LogP contribution in [0.4, 0.5) is 11.4 Å². The third-order valence-corrected chi connectivity index (χ3v) is 3.43. The van der Waals surface area contributed by atoms with E-state index in [2.05, 4.69) is 47.6 Å². The molecule has 29 heavy (non-hydrogen) atoms. The van der Waals surface area contributed by atoms with Crippen LogP contribution in [0.3, 0.4) is 0 Å². The second-order valence-electron chi connectivity index (χ2n) is 6.39. The Morgan fingerprint density at radius 3 is 1.21 bits per heavy atom. The molecule has 0 saturated carbocycles. The molecule has 0 aliphatic rings. The van der Waals surface area contributed by atoms with Crippen molar-refractivity contribution in [2.24, 2.45) is 0 Å². The van der Waals surface area contributed by atoms with Gasteiger partial charge in [0.2, 0.25) is 0 Å². The van der Waals surface area contributed by atoms with E-state index >= 15 is 0 Å². The normalized spacial score (nSPS) is 9.24. The van der Waals surface area contributed by atoms with Gasteiger partial charge in [0.05, 0.1) is 17.1 Å². The molecule has 0 aliphatic heterocycles. The van der Waals surface area contributed by atoms with Crippen LogP contribution < -0.4 is 11.5 Å². The number of aromatic nitrogens is 4. The predicted octanol–water partition coefficient (Wildman–Crippen LogP) is 6.13. The summed E-state index contributed by atoms with van der Waals surface area (Å²) < 4.78 is 0. The van der Waals surface area contributed by atoms with Gasteiger partial charge in [-0.3, -0.25) is 0 Å². The van der Waals surface area contributed by atoms with E-state index < -0.39 is 0 Å². The minimum atomic E-state index is 0. The van der Waals surface area contributed by atoms with Crippen LogP contribution in [0.25, 0.3) is 0 Å². The van der Waals surface area contributed by atoms with E-state index in [9.17, 15) is 0 Å². The van der Waals surface area contributed by atoms with Gasteiger partial charge in [0, 0.05) is 0 Å². The number of nitrogen functional groups attached to an aromatic ring is 2. The molecular weight excluding hydrogens is 461 g/mol. The molecule has 4 N–H and O–H groups in total. The summed E-state index contributed by atoms with van der Waals surface area (Å²) in [4.78, 5) is 15.5. The fraction of sp³-hybridized carbons (Fsp3) is 0.500. The van der Waals surface area contributed by atoms with Gasteiger partial charge >= 0.3 is 19.5 Å². The Bertz CT molecular complexity index is 621. The van der Waals surface area contributed by atoms with Crippen molar-refractivity contribution in [2.75, 3.05) is 11.5 Å². The minimum Gasteiger partial charge on any atom is -0.396 e. The van der Waals surface area contributed by atoms with Crippen LogP contribution in [-0.2, 0) is 19.5 Å². The number of nitrogens with two attached hydrogens (primary N) is 2. The van der Waals surface area contributed by atoms with Crippen molar-refractivity contribution >= 4 is 34.6 Å². The molecular formula is C20H34Cl2N6Zn. The SMILES string of the molecule is CC(C)c1ncnc(C(C)C)c1N.C[CH-]C.C[CH-]C.Nc1c(Cl)ncnc1Cl.[Zn+2]. The Kier molecular flexibility index (Phi) is 21.3. The molecule has 0 atom stereocenters. The van der Waals surface area contributed by atoms with Gasteiger partial charge in [-0.25, -0.2) is 19.9 Å². The van der Waals surface area contributed by atoms with Crippen molar-refractivity contribution in [2.45, 2.75) is 67.2 Å². The Balaban J connectivity index is -0.000000368. The van der Waals surface area contributed by atoms with Gasteiger partial charge < -0.3 is 24.3 Å². The molecule has 0 saturated heterocycles. The fourth-order valence-electron chi connectivity index (χ4n) is 1.70. The number of rotatable bonds is 2. The topological polar surface area (TPSA) is 104 Å². The monoisotopic (exact) mass is 492 g/mol. The maximum atomic E-state index is 5.96. The van der Waals surface area contributed by atoms with Crippen LogP contribution in [0, 0.1) is 12.8 Å². The molecule has 0 unspecified atom stereocenters. The van der Waals surface area contributed by atoms with E-state index in [4.69, 9.17) is 34.7 Å². The third kappa shape index (κ3) is 13.7. The van der Waals surface area contributed by atoms with E-state index in [1.165, 1.54) is 6.33 Å². The molecule has 0 amide bonds. The van der Waals surface area contributed by atoms with Crippen molar-refractivity contribution in [3.63, 3.8) is 0 Å². The van der Waals surface area contributed by atoms with E-state index in [0.29, 0.717) is 11.8 Å². The van der Waals surface area contributed by atoms with Crippen molar-refractivity contribution in [1.29, 1.82) is 0 Å². The van der Waals surface area contributed by atoms with Gasteiger partial charge in [-0.1, -0.05) is 50.9 Å². The second-order valence-corrected chi connectivity index (χ2v) is 7.11. The molecule has 0 aliphatic carbocycles. The van der Waals surface area contributed by atoms with E-state index in [-0.39, 0.29) is 35.5 Å². The van der Waals surface area contributed by atoms with Gasteiger partial charge in [0.1, 0.15) is 18.3 Å². The summed E-state index contributed by atoms with van der Waals surface area (Å²) in [5.41, 5.74) is 14.1. The van der Waals surface area contributed by atoms with Crippen molar-refractivity contribution < 1.29 is 19.5 Å². The zero-order valence-corrected chi connectivity index (χ0v) is 23.3. The summed E-state index contributed by atoms with van der Waals surface area (Å²) in [5.74, 6) is 0.723. The van der Waals surface area contributed by atoms with E-state index in [1.807, 2.05) is 40.5 Å². The molecule has 6 nitrogen and oxygen atoms in total. The van der Waals surface area contributed by atoms with Crippen molar-refractivity contribution in [3.8, 4) is 0 Å². The van der Waals surface area contributed by atoms with E-state index in [0.717, 1.165) is 17.1 Å². The summed E-state index contributed by atoms with van der Waals surface area (Å²) in [6, 6.07) is 0. The first-order chi connectivity index (χ1) is 13.1. The number of hydrogen-bond acceptors (Lipinski definition) is 6. The van der Waals surface area contributed by atoms with Crippen LogP contribution in [0.1, 0.15) is 78.6 Å². The number of nitrogens with zero attached hydrogens (tertiary/aromatic N) is 4. The van der Waals surface area contributed by atoms with Crippen molar-refractivity contribution in [3.05, 3.63) is 47.2 Å². The van der Waals surface area contributed by atoms with Crippen LogP contribution in [0.5, 0.6) is 0 Å². The maximum Gasteiger partial charge on any atom is 2.00 e. The smallest absolute Gasteiger partial charge is 0.396 e. The average molecular weight is 495 g/mol. The fourth-order valence-corrected chi connectivity index (χ4v) is 2.01. The Labute approximate surface area is 199 Å². The number of anilines is 2. The summed E-state index contributed by atoms with van der Waals surface area (Å²) in [6.45, 7) is 16.3. The molecule has 0 aromatic carbocycles. The average Bonchev–Trinajstić information content (AvgIpc) is 2.61. The maximum absolute atomic E-state index is 5.96. The van der Waals surface area contributed by atoms with Crippen LogP contribution in [0.2, 0.25) is 10.3 Å². The molecule has 160 valence electrons. The summed E-state index contributed by atoms with van der Waals surface area (Å²) in [6.07, 6.45) is 6.85. The molecule has 0 bridgehead atoms. The summed E-state index contributed by atoms with van der Waals surface area (Å²) in [7, 11) is 0. The zero-order chi connectivity index (χ0) is 22.3. The Hall–Kier alpha value is -1.04. The predicted molar refractivity (Wildman–Crippen MR) is 122 cm³/mol. The van der Waals surface area contributed by atoms with Crippen molar-refractivity contribution in [1.82, 2.24) is 19.9 Å². The van der Waals surface area contributed by atoms with Gasteiger partial charge in [0.25, 0.3) is 0 Å². The molecule has 0 radical (unpaired) electrons. The van der Waals surface area contributed by atoms with E-state index in [1.54, 1.807) is 6.33 Å². The Morgan fingerprint density at radius 2 is 0.966 bits per heavy atom. The van der Waals surface area contributed by atoms with Crippen LogP contribution in [-0.4, -0.2) is 19.9 Å². The first-order valence-corrected chi connectivity index (χ1v) is 9.83. The minimum absolute atomic E-state index is 0. The standard InChI is InChI=1S/C10H17N3.C4H3Cl2N3.2C3H7.Zn/c1-6(2)9-8(11)10(7(3)4)13-5-12-9;5-3-2(7)4(6)9-1-8-3;2*1-3-2;/h5-7H,11H2,1-4H3;1H,7H2;2*3H,1-2H3;/q;;2*-1;+2. The van der Waals surface area contributed by atoms with Crippen LogP contribution in [0.15, 0.2) is 12.7 Å². The van der Waals surface area contributed by atoms with Crippen LogP contribution >= 0.6 is 23.2 Å². The molecule has 0 fully saturated rings.